The normalized spacial score (nSPS) is 10.2. The lowest BCUT2D eigenvalue weighted by atomic mass is 10.2. The molecule has 0 saturated heterocycles. The van der Waals surface area contributed by atoms with Crippen molar-refractivity contribution in [2.24, 2.45) is 5.73 Å². The van der Waals surface area contributed by atoms with Gasteiger partial charge in [-0.1, -0.05) is 12.1 Å². The molecule has 0 unspecified atom stereocenters. The number of nitrogens with zero attached hydrogens (tertiary/aromatic N) is 1. The second kappa shape index (κ2) is 5.98. The number of amides is 1. The van der Waals surface area contributed by atoms with Gasteiger partial charge in [-0.15, -0.1) is 0 Å². The smallest absolute Gasteiger partial charge is 0.265 e. The van der Waals surface area contributed by atoms with Gasteiger partial charge in [-0.3, -0.25) is 19.5 Å². The van der Waals surface area contributed by atoms with Crippen molar-refractivity contribution >= 4 is 11.6 Å². The first-order valence-corrected chi connectivity index (χ1v) is 5.97. The van der Waals surface area contributed by atoms with Crippen molar-refractivity contribution in [3.8, 4) is 0 Å². The van der Waals surface area contributed by atoms with E-state index in [-0.39, 0.29) is 6.54 Å². The van der Waals surface area contributed by atoms with E-state index in [4.69, 9.17) is 5.73 Å². The van der Waals surface area contributed by atoms with E-state index < -0.39 is 17.0 Å². The monoisotopic (exact) mass is 274 g/mol. The molecule has 0 aliphatic heterocycles. The number of hydrogen-bond donors (Lipinski definition) is 3. The number of aromatic nitrogens is 2. The zero-order valence-corrected chi connectivity index (χ0v) is 10.6. The summed E-state index contributed by atoms with van der Waals surface area (Å²) in [7, 11) is 0. The molecular weight excluding hydrogens is 260 g/mol. The Morgan fingerprint density at radius 1 is 1.25 bits per heavy atom. The van der Waals surface area contributed by atoms with Crippen molar-refractivity contribution in [2.75, 3.05) is 5.32 Å². The van der Waals surface area contributed by atoms with Gasteiger partial charge < -0.3 is 11.1 Å². The molecule has 4 N–H and O–H groups in total. The average molecular weight is 274 g/mol. The molecule has 7 heteroatoms. The fraction of sp³-hybridized carbons (Fsp3) is 0.154. The number of nitrogens with two attached hydrogens (primary N) is 1. The highest BCUT2D eigenvalue weighted by molar-refractivity contribution is 5.90. The quantitative estimate of drug-likeness (QED) is 0.706. The van der Waals surface area contributed by atoms with Gasteiger partial charge in [0.2, 0.25) is 5.91 Å². The molecule has 1 amide bonds. The molecule has 0 bridgehead atoms. The summed E-state index contributed by atoms with van der Waals surface area (Å²) < 4.78 is 0.949. The molecule has 0 spiro atoms. The van der Waals surface area contributed by atoms with E-state index in [1.165, 1.54) is 0 Å². The first-order chi connectivity index (χ1) is 9.58. The summed E-state index contributed by atoms with van der Waals surface area (Å²) in [5, 5.41) is 4.92. The Hall–Kier alpha value is -2.67. The van der Waals surface area contributed by atoms with E-state index in [9.17, 15) is 14.4 Å². The third-order valence-corrected chi connectivity index (χ3v) is 2.64. The zero-order chi connectivity index (χ0) is 14.5. The summed E-state index contributed by atoms with van der Waals surface area (Å²) in [6.45, 7) is 0.108. The highest BCUT2D eigenvalue weighted by atomic mass is 16.2. The summed E-state index contributed by atoms with van der Waals surface area (Å²) in [6, 6.07) is 9.30. The summed E-state index contributed by atoms with van der Waals surface area (Å²) >= 11 is 0. The average Bonchev–Trinajstić information content (AvgIpc) is 2.43. The Morgan fingerprint density at radius 2 is 2.05 bits per heavy atom. The molecule has 1 aromatic carbocycles. The predicted octanol–water partition coefficient (Wildman–Crippen LogP) is -0.366. The maximum atomic E-state index is 11.8. The summed E-state index contributed by atoms with van der Waals surface area (Å²) in [6.07, 6.45) is 0. The van der Waals surface area contributed by atoms with Gasteiger partial charge in [-0.2, -0.15) is 0 Å². The van der Waals surface area contributed by atoms with Crippen molar-refractivity contribution in [1.29, 1.82) is 0 Å². The lowest BCUT2D eigenvalue weighted by Gasteiger charge is -2.08. The predicted molar refractivity (Wildman–Crippen MR) is 74.3 cm³/mol. The van der Waals surface area contributed by atoms with Gasteiger partial charge in [-0.05, 0) is 17.7 Å². The molecule has 20 heavy (non-hydrogen) atoms. The molecule has 0 aliphatic rings. The van der Waals surface area contributed by atoms with Crippen molar-refractivity contribution in [1.82, 2.24) is 9.78 Å². The molecule has 0 atom stereocenters. The van der Waals surface area contributed by atoms with Crippen LogP contribution in [-0.2, 0) is 17.9 Å². The molecule has 2 rings (SSSR count). The Morgan fingerprint density at radius 3 is 2.80 bits per heavy atom. The van der Waals surface area contributed by atoms with Crippen molar-refractivity contribution in [3.63, 3.8) is 0 Å². The van der Waals surface area contributed by atoms with Crippen molar-refractivity contribution in [3.05, 3.63) is 62.7 Å². The lowest BCUT2D eigenvalue weighted by molar-refractivity contribution is -0.117. The second-order valence-corrected chi connectivity index (χ2v) is 4.19. The van der Waals surface area contributed by atoms with Crippen LogP contribution in [0.1, 0.15) is 5.56 Å². The van der Waals surface area contributed by atoms with Crippen LogP contribution in [0, 0.1) is 0 Å². The molecule has 0 radical (unpaired) electrons. The minimum Gasteiger partial charge on any atom is -0.326 e. The summed E-state index contributed by atoms with van der Waals surface area (Å²) in [5.41, 5.74) is 6.09. The van der Waals surface area contributed by atoms with Gasteiger partial charge in [0.05, 0.1) is 0 Å². The number of nitrogens with one attached hydrogen (secondary N) is 2. The molecule has 0 fully saturated rings. The minimum atomic E-state index is -0.449. The Balaban J connectivity index is 2.10. The number of carbonyl (C=O) groups is 1. The first kappa shape index (κ1) is 13.8. The van der Waals surface area contributed by atoms with Crippen LogP contribution < -0.4 is 22.2 Å². The standard InChI is InChI=1S/C13H14N4O3/c14-7-9-2-1-3-10(6-9)15-12(19)8-17-13(20)5-4-11(18)16-17/h1-6H,7-8,14H2,(H,15,19)(H,16,18). The number of rotatable bonds is 4. The molecule has 1 heterocycles. The largest absolute Gasteiger partial charge is 0.326 e. The van der Waals surface area contributed by atoms with Gasteiger partial charge >= 0.3 is 0 Å². The molecule has 0 saturated carbocycles. The van der Waals surface area contributed by atoms with Gasteiger partial charge in [0.1, 0.15) is 6.54 Å². The first-order valence-electron chi connectivity index (χ1n) is 5.97. The molecular formula is C13H14N4O3. The van der Waals surface area contributed by atoms with Crippen molar-refractivity contribution in [2.45, 2.75) is 13.1 Å². The molecule has 104 valence electrons. The maximum absolute atomic E-state index is 11.8. The van der Waals surface area contributed by atoms with Crippen LogP contribution in [0.3, 0.4) is 0 Å². The molecule has 0 aliphatic carbocycles. The molecule has 2 aromatic rings. The van der Waals surface area contributed by atoms with Crippen LogP contribution in [0.2, 0.25) is 0 Å². The van der Waals surface area contributed by atoms with Gasteiger partial charge in [0.15, 0.2) is 0 Å². The Labute approximate surface area is 114 Å². The maximum Gasteiger partial charge on any atom is 0.265 e. The van der Waals surface area contributed by atoms with Crippen LogP contribution in [-0.4, -0.2) is 15.7 Å². The topological polar surface area (TPSA) is 110 Å². The molecule has 7 nitrogen and oxygen atoms in total. The fourth-order valence-corrected chi connectivity index (χ4v) is 1.70. The zero-order valence-electron chi connectivity index (χ0n) is 10.6. The number of hydrogen-bond acceptors (Lipinski definition) is 4. The van der Waals surface area contributed by atoms with Crippen LogP contribution >= 0.6 is 0 Å². The number of benzene rings is 1. The van der Waals surface area contributed by atoms with Crippen LogP contribution in [0.25, 0.3) is 0 Å². The fourth-order valence-electron chi connectivity index (χ4n) is 1.70. The Bertz CT molecular complexity index is 733. The second-order valence-electron chi connectivity index (χ2n) is 4.19. The number of H-pyrrole nitrogens is 1. The number of carbonyl (C=O) groups excluding carboxylic acids is 1. The van der Waals surface area contributed by atoms with E-state index in [1.54, 1.807) is 18.2 Å². The van der Waals surface area contributed by atoms with E-state index >= 15 is 0 Å². The van der Waals surface area contributed by atoms with E-state index in [0.29, 0.717) is 12.2 Å². The SMILES string of the molecule is NCc1cccc(NC(=O)Cn2[nH]c(=O)ccc2=O)c1. The van der Waals surface area contributed by atoms with Gasteiger partial charge in [0.25, 0.3) is 11.1 Å². The number of anilines is 1. The summed E-state index contributed by atoms with van der Waals surface area (Å²) in [5.74, 6) is -0.414. The van der Waals surface area contributed by atoms with E-state index in [1.807, 2.05) is 6.07 Å². The third-order valence-electron chi connectivity index (χ3n) is 2.64. The lowest BCUT2D eigenvalue weighted by Crippen LogP contribution is -2.32. The number of aromatic amines is 1. The van der Waals surface area contributed by atoms with Crippen LogP contribution in [0.4, 0.5) is 5.69 Å². The third kappa shape index (κ3) is 3.42. The summed E-state index contributed by atoms with van der Waals surface area (Å²) in [4.78, 5) is 34.4. The van der Waals surface area contributed by atoms with Crippen LogP contribution in [0.15, 0.2) is 46.0 Å². The highest BCUT2D eigenvalue weighted by Crippen LogP contribution is 2.09. The molecule has 1 aromatic heterocycles. The van der Waals surface area contributed by atoms with Gasteiger partial charge in [0, 0.05) is 24.4 Å². The van der Waals surface area contributed by atoms with E-state index in [2.05, 4.69) is 10.4 Å². The Kier molecular flexibility index (Phi) is 4.11. The van der Waals surface area contributed by atoms with Crippen molar-refractivity contribution < 1.29 is 4.79 Å². The van der Waals surface area contributed by atoms with Gasteiger partial charge in [-0.25, -0.2) is 4.68 Å². The minimum absolute atomic E-state index is 0.262. The van der Waals surface area contributed by atoms with Crippen LogP contribution in [0.5, 0.6) is 0 Å². The van der Waals surface area contributed by atoms with E-state index in [0.717, 1.165) is 22.4 Å². The highest BCUT2D eigenvalue weighted by Gasteiger charge is 2.06.